The number of benzene rings is 1. The summed E-state index contributed by atoms with van der Waals surface area (Å²) in [4.78, 5) is 11.6. The molecule has 4 nitrogen and oxygen atoms in total. The first-order valence-electron chi connectivity index (χ1n) is 5.44. The average molecular weight is 234 g/mol. The smallest absolute Gasteiger partial charge is 0.338 e. The third kappa shape index (κ3) is 2.78. The average Bonchev–Trinajstić information content (AvgIpc) is 3.11. The van der Waals surface area contributed by atoms with E-state index in [-0.39, 0.29) is 17.8 Å². The zero-order valence-corrected chi connectivity index (χ0v) is 9.77. The van der Waals surface area contributed by atoms with Gasteiger partial charge in [-0.25, -0.2) is 4.79 Å². The highest BCUT2D eigenvalue weighted by Crippen LogP contribution is 2.25. The lowest BCUT2D eigenvalue weighted by Gasteiger charge is -2.07. The molecule has 1 aliphatic heterocycles. The minimum absolute atomic E-state index is 0.133. The monoisotopic (exact) mass is 234 g/mol. The highest BCUT2D eigenvalue weighted by atomic mass is 16.6. The number of epoxide rings is 1. The molecular weight excluding hydrogens is 220 g/mol. The molecule has 1 saturated heterocycles. The van der Waals surface area contributed by atoms with Crippen LogP contribution in [0.15, 0.2) is 30.0 Å². The molecule has 1 aromatic rings. The van der Waals surface area contributed by atoms with Crippen molar-refractivity contribution < 1.29 is 19.4 Å². The Hall–Kier alpha value is -1.97. The van der Waals surface area contributed by atoms with Crippen LogP contribution in [0.1, 0.15) is 29.8 Å². The Morgan fingerprint density at radius 1 is 1.29 bits per heavy atom. The van der Waals surface area contributed by atoms with Gasteiger partial charge in [0.2, 0.25) is 0 Å². The summed E-state index contributed by atoms with van der Waals surface area (Å²) in [7, 11) is 0. The molecule has 0 bridgehead atoms. The highest BCUT2D eigenvalue weighted by molar-refractivity contribution is 5.89. The molecule has 17 heavy (non-hydrogen) atoms. The number of aliphatic hydroxyl groups excluding tert-OH is 1. The van der Waals surface area contributed by atoms with Crippen LogP contribution >= 0.6 is 0 Å². The van der Waals surface area contributed by atoms with E-state index < -0.39 is 0 Å². The number of esters is 1. The SMILES string of the molecule is CC(C)OC(=O)c1ccc(/C(O)=C2/CO2)cc1. The van der Waals surface area contributed by atoms with Gasteiger partial charge in [-0.2, -0.15) is 0 Å². The van der Waals surface area contributed by atoms with Crippen molar-refractivity contribution in [3.8, 4) is 0 Å². The van der Waals surface area contributed by atoms with Crippen LogP contribution in [0, 0.1) is 0 Å². The van der Waals surface area contributed by atoms with E-state index in [9.17, 15) is 9.90 Å². The molecule has 0 atom stereocenters. The molecule has 4 heteroatoms. The van der Waals surface area contributed by atoms with E-state index in [4.69, 9.17) is 9.47 Å². The lowest BCUT2D eigenvalue weighted by Crippen LogP contribution is -2.11. The topological polar surface area (TPSA) is 59.1 Å². The fourth-order valence-corrected chi connectivity index (χ4v) is 1.38. The lowest BCUT2D eigenvalue weighted by molar-refractivity contribution is 0.0378. The van der Waals surface area contributed by atoms with Crippen LogP contribution in [0.3, 0.4) is 0 Å². The van der Waals surface area contributed by atoms with Crippen LogP contribution in [-0.4, -0.2) is 23.8 Å². The number of hydrogen-bond donors (Lipinski definition) is 1. The van der Waals surface area contributed by atoms with E-state index in [2.05, 4.69) is 0 Å². The summed E-state index contributed by atoms with van der Waals surface area (Å²) in [6.45, 7) is 4.07. The van der Waals surface area contributed by atoms with Gasteiger partial charge in [0.05, 0.1) is 11.7 Å². The molecule has 0 amide bonds. The van der Waals surface area contributed by atoms with Crippen LogP contribution in [0.5, 0.6) is 0 Å². The third-order valence-electron chi connectivity index (χ3n) is 2.29. The standard InChI is InChI=1S/C13H14O4/c1-8(2)17-13(15)10-5-3-9(4-6-10)12(14)11-7-16-11/h3-6,8,14H,7H2,1-2H3/b12-11+. The summed E-state index contributed by atoms with van der Waals surface area (Å²) in [5.74, 6) is 0.359. The Morgan fingerprint density at radius 2 is 1.82 bits per heavy atom. The number of ether oxygens (including phenoxy) is 2. The van der Waals surface area contributed by atoms with Crippen molar-refractivity contribution in [1.82, 2.24) is 0 Å². The highest BCUT2D eigenvalue weighted by Gasteiger charge is 2.21. The molecule has 1 aromatic carbocycles. The summed E-state index contributed by atoms with van der Waals surface area (Å²) in [6, 6.07) is 6.58. The van der Waals surface area contributed by atoms with Crippen LogP contribution < -0.4 is 0 Å². The van der Waals surface area contributed by atoms with E-state index in [1.807, 2.05) is 0 Å². The van der Waals surface area contributed by atoms with E-state index in [0.717, 1.165) is 0 Å². The second kappa shape index (κ2) is 4.49. The molecule has 1 aliphatic rings. The van der Waals surface area contributed by atoms with Gasteiger partial charge in [-0.3, -0.25) is 0 Å². The van der Waals surface area contributed by atoms with Crippen molar-refractivity contribution in [2.75, 3.05) is 6.61 Å². The Balaban J connectivity index is 2.13. The Morgan fingerprint density at radius 3 is 2.29 bits per heavy atom. The fraction of sp³-hybridized carbons (Fsp3) is 0.308. The van der Waals surface area contributed by atoms with Crippen molar-refractivity contribution >= 4 is 11.7 Å². The maximum Gasteiger partial charge on any atom is 0.338 e. The molecule has 2 rings (SSSR count). The van der Waals surface area contributed by atoms with E-state index >= 15 is 0 Å². The van der Waals surface area contributed by atoms with Gasteiger partial charge in [-0.15, -0.1) is 0 Å². The maximum atomic E-state index is 11.6. The minimum atomic E-state index is -0.360. The molecular formula is C13H14O4. The second-order valence-electron chi connectivity index (χ2n) is 4.09. The Kier molecular flexibility index (Phi) is 3.04. The quantitative estimate of drug-likeness (QED) is 0.496. The molecule has 1 N–H and O–H groups in total. The molecule has 90 valence electrons. The van der Waals surface area contributed by atoms with Gasteiger partial charge in [-0.1, -0.05) is 12.1 Å². The molecule has 0 aromatic heterocycles. The van der Waals surface area contributed by atoms with Gasteiger partial charge in [0.15, 0.2) is 11.5 Å². The van der Waals surface area contributed by atoms with Crippen molar-refractivity contribution in [2.24, 2.45) is 0 Å². The minimum Gasteiger partial charge on any atom is -0.504 e. The zero-order valence-electron chi connectivity index (χ0n) is 9.77. The van der Waals surface area contributed by atoms with Gasteiger partial charge in [0.25, 0.3) is 0 Å². The summed E-state index contributed by atoms with van der Waals surface area (Å²) in [5, 5.41) is 9.67. The fourth-order valence-electron chi connectivity index (χ4n) is 1.38. The maximum absolute atomic E-state index is 11.6. The molecule has 0 saturated carbocycles. The van der Waals surface area contributed by atoms with E-state index in [1.165, 1.54) is 0 Å². The van der Waals surface area contributed by atoms with Crippen LogP contribution in [0.2, 0.25) is 0 Å². The summed E-state index contributed by atoms with van der Waals surface area (Å²) >= 11 is 0. The lowest BCUT2D eigenvalue weighted by atomic mass is 10.1. The van der Waals surface area contributed by atoms with E-state index in [1.54, 1.807) is 38.1 Å². The first-order chi connectivity index (χ1) is 8.08. The van der Waals surface area contributed by atoms with E-state index in [0.29, 0.717) is 23.5 Å². The van der Waals surface area contributed by atoms with Crippen molar-refractivity contribution in [2.45, 2.75) is 20.0 Å². The predicted octanol–water partition coefficient (Wildman–Crippen LogP) is 2.51. The van der Waals surface area contributed by atoms with Crippen LogP contribution in [0.4, 0.5) is 0 Å². The molecule has 0 aliphatic carbocycles. The number of carbonyl (C=O) groups is 1. The summed E-state index contributed by atoms with van der Waals surface area (Å²) in [6.07, 6.45) is -0.141. The molecule has 0 spiro atoms. The van der Waals surface area contributed by atoms with Crippen molar-refractivity contribution in [3.63, 3.8) is 0 Å². The Bertz CT molecular complexity index is 451. The normalized spacial score (nSPS) is 16.4. The number of carbonyl (C=O) groups excluding carboxylic acids is 1. The first kappa shape index (κ1) is 11.5. The van der Waals surface area contributed by atoms with Crippen molar-refractivity contribution in [1.29, 1.82) is 0 Å². The van der Waals surface area contributed by atoms with Gasteiger partial charge in [-0.05, 0) is 26.0 Å². The van der Waals surface area contributed by atoms with Crippen molar-refractivity contribution in [3.05, 3.63) is 41.2 Å². The number of aliphatic hydroxyl groups is 1. The van der Waals surface area contributed by atoms with Crippen LogP contribution in [-0.2, 0) is 9.47 Å². The summed E-state index contributed by atoms with van der Waals surface area (Å²) in [5.41, 5.74) is 1.11. The Labute approximate surface area is 99.5 Å². The van der Waals surface area contributed by atoms with Gasteiger partial charge in [0.1, 0.15) is 6.61 Å². The van der Waals surface area contributed by atoms with Gasteiger partial charge < -0.3 is 14.6 Å². The van der Waals surface area contributed by atoms with Gasteiger partial charge >= 0.3 is 5.97 Å². The number of hydrogen-bond acceptors (Lipinski definition) is 4. The first-order valence-corrected chi connectivity index (χ1v) is 5.44. The van der Waals surface area contributed by atoms with Gasteiger partial charge in [0, 0.05) is 5.56 Å². The largest absolute Gasteiger partial charge is 0.504 e. The molecule has 1 fully saturated rings. The molecule has 0 radical (unpaired) electrons. The van der Waals surface area contributed by atoms with Crippen LogP contribution in [0.25, 0.3) is 5.76 Å². The zero-order chi connectivity index (χ0) is 12.4. The molecule has 0 unspecified atom stereocenters. The second-order valence-corrected chi connectivity index (χ2v) is 4.09. The predicted molar refractivity (Wildman–Crippen MR) is 62.5 cm³/mol. The summed E-state index contributed by atoms with van der Waals surface area (Å²) < 4.78 is 9.95. The molecule has 1 heterocycles. The third-order valence-corrected chi connectivity index (χ3v) is 2.29. The number of rotatable bonds is 3.